The third-order valence-electron chi connectivity index (χ3n) is 1.81. The lowest BCUT2D eigenvalue weighted by molar-refractivity contribution is -0.0706. The topological polar surface area (TPSA) is 70.1 Å². The lowest BCUT2D eigenvalue weighted by Crippen LogP contribution is -2.53. The zero-order valence-electron chi connectivity index (χ0n) is 7.56. The van der Waals surface area contributed by atoms with Crippen molar-refractivity contribution < 1.29 is 19.4 Å². The van der Waals surface area contributed by atoms with E-state index in [2.05, 4.69) is 0 Å². The van der Waals surface area contributed by atoms with Crippen molar-refractivity contribution in [2.24, 2.45) is 0 Å². The van der Waals surface area contributed by atoms with Crippen LogP contribution in [0.2, 0.25) is 0 Å². The van der Waals surface area contributed by atoms with E-state index in [1.54, 1.807) is 14.1 Å². The summed E-state index contributed by atoms with van der Waals surface area (Å²) in [4.78, 5) is 23.8. The van der Waals surface area contributed by atoms with Gasteiger partial charge in [-0.25, -0.2) is 9.59 Å². The fraction of sp³-hybridized carbons (Fsp3) is 0.714. The summed E-state index contributed by atoms with van der Waals surface area (Å²) in [6.45, 7) is 0.431. The number of carboxylic acid groups (broad SMARTS) is 1. The molecule has 1 aliphatic rings. The van der Waals surface area contributed by atoms with Crippen molar-refractivity contribution in [3.8, 4) is 0 Å². The molecule has 0 aromatic rings. The minimum absolute atomic E-state index is 0.431. The standard InChI is InChI=1S/C7H12N2O4/c1-8(2)7(12)13-5-3-4-9(5)6(10)11/h5H,3-4H2,1-2H3,(H,10,11). The van der Waals surface area contributed by atoms with Gasteiger partial charge < -0.3 is 14.7 Å². The van der Waals surface area contributed by atoms with Crippen LogP contribution in [0.1, 0.15) is 6.42 Å². The van der Waals surface area contributed by atoms with Crippen LogP contribution in [0.3, 0.4) is 0 Å². The highest BCUT2D eigenvalue weighted by molar-refractivity contribution is 5.69. The molecule has 1 N–H and O–H groups in total. The molecule has 0 bridgehead atoms. The van der Waals surface area contributed by atoms with Gasteiger partial charge in [0.1, 0.15) is 0 Å². The number of nitrogens with zero attached hydrogens (tertiary/aromatic N) is 2. The molecule has 13 heavy (non-hydrogen) atoms. The van der Waals surface area contributed by atoms with Gasteiger partial charge in [-0.2, -0.15) is 0 Å². The molecule has 0 aliphatic carbocycles. The van der Waals surface area contributed by atoms with Gasteiger partial charge >= 0.3 is 12.2 Å². The van der Waals surface area contributed by atoms with Crippen LogP contribution in [-0.2, 0) is 4.74 Å². The Kier molecular flexibility index (Phi) is 2.60. The number of hydrogen-bond acceptors (Lipinski definition) is 3. The second-order valence-corrected chi connectivity index (χ2v) is 3.00. The zero-order valence-corrected chi connectivity index (χ0v) is 7.56. The summed E-state index contributed by atoms with van der Waals surface area (Å²) in [7, 11) is 3.10. The van der Waals surface area contributed by atoms with Crippen LogP contribution in [0.15, 0.2) is 0 Å². The average molecular weight is 188 g/mol. The van der Waals surface area contributed by atoms with Crippen molar-refractivity contribution in [2.75, 3.05) is 20.6 Å². The molecule has 1 unspecified atom stereocenters. The van der Waals surface area contributed by atoms with Crippen LogP contribution >= 0.6 is 0 Å². The zero-order chi connectivity index (χ0) is 10.0. The van der Waals surface area contributed by atoms with Gasteiger partial charge in [0.05, 0.1) is 0 Å². The molecule has 0 aromatic heterocycles. The number of likely N-dealkylation sites (tertiary alicyclic amines) is 1. The van der Waals surface area contributed by atoms with Gasteiger partial charge in [0.15, 0.2) is 6.23 Å². The number of rotatable bonds is 1. The van der Waals surface area contributed by atoms with Gasteiger partial charge in [-0.15, -0.1) is 0 Å². The van der Waals surface area contributed by atoms with E-state index in [4.69, 9.17) is 9.84 Å². The average Bonchev–Trinajstić information content (AvgIpc) is 1.95. The number of hydrogen-bond donors (Lipinski definition) is 1. The van der Waals surface area contributed by atoms with Crippen molar-refractivity contribution in [3.63, 3.8) is 0 Å². The van der Waals surface area contributed by atoms with E-state index in [9.17, 15) is 9.59 Å². The van der Waals surface area contributed by atoms with E-state index < -0.39 is 18.4 Å². The van der Waals surface area contributed by atoms with Gasteiger partial charge in [0, 0.05) is 27.1 Å². The van der Waals surface area contributed by atoms with Crippen LogP contribution < -0.4 is 0 Å². The van der Waals surface area contributed by atoms with Crippen LogP contribution in [0, 0.1) is 0 Å². The van der Waals surface area contributed by atoms with Crippen molar-refractivity contribution in [2.45, 2.75) is 12.6 Å². The first-order chi connectivity index (χ1) is 6.02. The molecule has 0 radical (unpaired) electrons. The van der Waals surface area contributed by atoms with Gasteiger partial charge in [0.2, 0.25) is 0 Å². The minimum Gasteiger partial charge on any atom is -0.465 e. The van der Waals surface area contributed by atoms with E-state index in [1.165, 1.54) is 4.90 Å². The van der Waals surface area contributed by atoms with E-state index in [1.807, 2.05) is 0 Å². The predicted octanol–water partition coefficient (Wildman–Crippen LogP) is 0.394. The molecule has 1 heterocycles. The molecule has 2 amide bonds. The number of amides is 2. The molecule has 6 nitrogen and oxygen atoms in total. The first-order valence-corrected chi connectivity index (χ1v) is 3.90. The number of carbonyl (C=O) groups is 2. The molecule has 0 aromatic carbocycles. The highest BCUT2D eigenvalue weighted by atomic mass is 16.6. The predicted molar refractivity (Wildman–Crippen MR) is 43.3 cm³/mol. The second kappa shape index (κ2) is 3.51. The maximum Gasteiger partial charge on any atom is 0.411 e. The summed E-state index contributed by atoms with van der Waals surface area (Å²) in [6.07, 6.45) is -1.60. The van der Waals surface area contributed by atoms with Crippen molar-refractivity contribution >= 4 is 12.2 Å². The maximum absolute atomic E-state index is 11.0. The van der Waals surface area contributed by atoms with Crippen molar-refractivity contribution in [1.82, 2.24) is 9.80 Å². The Morgan fingerprint density at radius 1 is 1.54 bits per heavy atom. The van der Waals surface area contributed by atoms with Crippen LogP contribution in [0.5, 0.6) is 0 Å². The van der Waals surface area contributed by atoms with E-state index in [0.717, 1.165) is 4.90 Å². The minimum atomic E-state index is -1.05. The second-order valence-electron chi connectivity index (χ2n) is 3.00. The Morgan fingerprint density at radius 2 is 2.15 bits per heavy atom. The summed E-state index contributed by atoms with van der Waals surface area (Å²) < 4.78 is 4.85. The van der Waals surface area contributed by atoms with E-state index in [-0.39, 0.29) is 0 Å². The van der Waals surface area contributed by atoms with Crippen molar-refractivity contribution in [3.05, 3.63) is 0 Å². The lowest BCUT2D eigenvalue weighted by atomic mass is 10.2. The Morgan fingerprint density at radius 3 is 2.46 bits per heavy atom. The number of carbonyl (C=O) groups excluding carboxylic acids is 1. The summed E-state index contributed by atoms with van der Waals surface area (Å²) in [5, 5.41) is 8.58. The Hall–Kier alpha value is -1.46. The first-order valence-electron chi connectivity index (χ1n) is 3.90. The van der Waals surface area contributed by atoms with Crippen molar-refractivity contribution in [1.29, 1.82) is 0 Å². The lowest BCUT2D eigenvalue weighted by Gasteiger charge is -2.37. The summed E-state index contributed by atoms with van der Waals surface area (Å²) in [5.41, 5.74) is 0. The SMILES string of the molecule is CN(C)C(=O)OC1CCN1C(=O)O. The molecule has 0 spiro atoms. The molecule has 1 atom stereocenters. The molecular weight excluding hydrogens is 176 g/mol. The van der Waals surface area contributed by atoms with Gasteiger partial charge in [-0.3, -0.25) is 4.90 Å². The molecule has 0 saturated carbocycles. The van der Waals surface area contributed by atoms with Crippen LogP contribution in [0.25, 0.3) is 0 Å². The summed E-state index contributed by atoms with van der Waals surface area (Å²) in [5.74, 6) is 0. The normalized spacial score (nSPS) is 20.5. The molecule has 74 valence electrons. The molecule has 1 saturated heterocycles. The summed E-state index contributed by atoms with van der Waals surface area (Å²) >= 11 is 0. The van der Waals surface area contributed by atoms with E-state index in [0.29, 0.717) is 13.0 Å². The third-order valence-corrected chi connectivity index (χ3v) is 1.81. The third kappa shape index (κ3) is 2.01. The van der Waals surface area contributed by atoms with Crippen LogP contribution in [0.4, 0.5) is 9.59 Å². The Labute approximate surface area is 75.7 Å². The molecule has 1 rings (SSSR count). The Balaban J connectivity index is 2.38. The molecular formula is C7H12N2O4. The maximum atomic E-state index is 11.0. The highest BCUT2D eigenvalue weighted by Crippen LogP contribution is 2.18. The largest absolute Gasteiger partial charge is 0.465 e. The fourth-order valence-corrected chi connectivity index (χ4v) is 0.927. The quantitative estimate of drug-likeness (QED) is 0.646. The van der Waals surface area contributed by atoms with E-state index >= 15 is 0 Å². The fourth-order valence-electron chi connectivity index (χ4n) is 0.927. The van der Waals surface area contributed by atoms with Crippen LogP contribution in [-0.4, -0.2) is 54.0 Å². The summed E-state index contributed by atoms with van der Waals surface area (Å²) in [6, 6.07) is 0. The first kappa shape index (κ1) is 9.63. The van der Waals surface area contributed by atoms with Gasteiger partial charge in [0.25, 0.3) is 0 Å². The molecule has 1 fully saturated rings. The molecule has 1 aliphatic heterocycles. The van der Waals surface area contributed by atoms with Gasteiger partial charge in [-0.05, 0) is 0 Å². The monoisotopic (exact) mass is 188 g/mol. The van der Waals surface area contributed by atoms with Gasteiger partial charge in [-0.1, -0.05) is 0 Å². The molecule has 6 heteroatoms. The highest BCUT2D eigenvalue weighted by Gasteiger charge is 2.35. The Bertz CT molecular complexity index is 229. The smallest absolute Gasteiger partial charge is 0.411 e. The number of ether oxygens (including phenoxy) is 1.